The zero-order valence-electron chi connectivity index (χ0n) is 8.20. The topological polar surface area (TPSA) is 46.2 Å². The number of amides is 2. The fourth-order valence-electron chi connectivity index (χ4n) is 1.13. The molecular formula is C11H12ClNO2. The lowest BCUT2D eigenvalue weighted by Crippen LogP contribution is -2.31. The number of rotatable bonds is 4. The van der Waals surface area contributed by atoms with Gasteiger partial charge in [-0.3, -0.25) is 14.9 Å². The lowest BCUT2D eigenvalue weighted by molar-refractivity contribution is -0.129. The molecule has 0 aromatic heterocycles. The number of halogens is 1. The number of alkyl halides is 1. The predicted octanol–water partition coefficient (Wildman–Crippen LogP) is 1.50. The highest BCUT2D eigenvalue weighted by Gasteiger charge is 2.07. The van der Waals surface area contributed by atoms with Gasteiger partial charge in [0.2, 0.25) is 11.8 Å². The van der Waals surface area contributed by atoms with Crippen molar-refractivity contribution in [3.8, 4) is 0 Å². The van der Waals surface area contributed by atoms with Crippen LogP contribution in [0.4, 0.5) is 0 Å². The molecule has 1 N–H and O–H groups in total. The van der Waals surface area contributed by atoms with E-state index in [9.17, 15) is 9.59 Å². The highest BCUT2D eigenvalue weighted by molar-refractivity contribution is 6.19. The summed E-state index contributed by atoms with van der Waals surface area (Å²) in [5.41, 5.74) is 0.883. The van der Waals surface area contributed by atoms with Crippen molar-refractivity contribution < 1.29 is 9.59 Å². The fourth-order valence-corrected chi connectivity index (χ4v) is 1.30. The van der Waals surface area contributed by atoms with Crippen LogP contribution in [-0.4, -0.2) is 17.7 Å². The molecule has 0 saturated carbocycles. The van der Waals surface area contributed by atoms with Crippen LogP contribution in [0.1, 0.15) is 12.0 Å². The van der Waals surface area contributed by atoms with Crippen LogP contribution >= 0.6 is 11.6 Å². The van der Waals surface area contributed by atoms with Gasteiger partial charge in [-0.2, -0.15) is 0 Å². The zero-order chi connectivity index (χ0) is 11.1. The van der Waals surface area contributed by atoms with E-state index in [4.69, 9.17) is 11.6 Å². The minimum atomic E-state index is -0.328. The van der Waals surface area contributed by atoms with E-state index in [1.54, 1.807) is 0 Å². The first-order valence-electron chi connectivity index (χ1n) is 4.65. The van der Waals surface area contributed by atoms with E-state index in [0.29, 0.717) is 0 Å². The van der Waals surface area contributed by atoms with Crippen LogP contribution in [0.15, 0.2) is 30.3 Å². The number of nitrogens with one attached hydrogen (secondary N) is 1. The van der Waals surface area contributed by atoms with Gasteiger partial charge in [0.05, 0.1) is 6.42 Å². The van der Waals surface area contributed by atoms with Crippen LogP contribution < -0.4 is 5.32 Å². The maximum Gasteiger partial charge on any atom is 0.230 e. The maximum absolute atomic E-state index is 11.3. The molecule has 0 bridgehead atoms. The predicted molar refractivity (Wildman–Crippen MR) is 58.6 cm³/mol. The Labute approximate surface area is 93.4 Å². The Hall–Kier alpha value is -1.35. The molecule has 1 aromatic carbocycles. The van der Waals surface area contributed by atoms with Gasteiger partial charge >= 0.3 is 0 Å². The summed E-state index contributed by atoms with van der Waals surface area (Å²) in [6.07, 6.45) is 0.386. The maximum atomic E-state index is 11.3. The van der Waals surface area contributed by atoms with Crippen molar-refractivity contribution >= 4 is 23.4 Å². The van der Waals surface area contributed by atoms with Gasteiger partial charge in [-0.05, 0) is 5.56 Å². The molecule has 1 aromatic rings. The SMILES string of the molecule is O=C(CCCl)NC(=O)Cc1ccccc1. The molecule has 2 amide bonds. The van der Waals surface area contributed by atoms with E-state index in [-0.39, 0.29) is 30.5 Å². The smallest absolute Gasteiger partial charge is 0.230 e. The number of imide groups is 1. The number of carbonyl (C=O) groups excluding carboxylic acids is 2. The van der Waals surface area contributed by atoms with Gasteiger partial charge in [-0.25, -0.2) is 0 Å². The quantitative estimate of drug-likeness (QED) is 0.790. The average molecular weight is 226 g/mol. The monoisotopic (exact) mass is 225 g/mol. The van der Waals surface area contributed by atoms with E-state index in [0.717, 1.165) is 5.56 Å². The van der Waals surface area contributed by atoms with Crippen LogP contribution in [-0.2, 0) is 16.0 Å². The Bertz CT molecular complexity index is 338. The van der Waals surface area contributed by atoms with Gasteiger partial charge in [0.25, 0.3) is 0 Å². The first-order valence-corrected chi connectivity index (χ1v) is 5.18. The molecule has 0 aliphatic heterocycles. The molecule has 0 radical (unpaired) electrons. The molecule has 0 heterocycles. The van der Waals surface area contributed by atoms with Gasteiger partial charge in [0.1, 0.15) is 0 Å². The fraction of sp³-hybridized carbons (Fsp3) is 0.273. The number of hydrogen-bond acceptors (Lipinski definition) is 2. The molecule has 0 fully saturated rings. The summed E-state index contributed by atoms with van der Waals surface area (Å²) in [7, 11) is 0. The Morgan fingerprint density at radius 2 is 1.80 bits per heavy atom. The Balaban J connectivity index is 2.40. The van der Waals surface area contributed by atoms with E-state index < -0.39 is 0 Å². The summed E-state index contributed by atoms with van der Waals surface area (Å²) in [4.78, 5) is 22.3. The summed E-state index contributed by atoms with van der Waals surface area (Å²) in [6.45, 7) is 0. The second-order valence-electron chi connectivity index (χ2n) is 3.07. The second kappa shape index (κ2) is 6.19. The largest absolute Gasteiger partial charge is 0.296 e. The summed E-state index contributed by atoms with van der Waals surface area (Å²) < 4.78 is 0. The standard InChI is InChI=1S/C11H12ClNO2/c12-7-6-10(14)13-11(15)8-9-4-2-1-3-5-9/h1-5H,6-8H2,(H,13,14,15). The van der Waals surface area contributed by atoms with Gasteiger partial charge in [0, 0.05) is 12.3 Å². The van der Waals surface area contributed by atoms with Crippen molar-refractivity contribution in [2.45, 2.75) is 12.8 Å². The van der Waals surface area contributed by atoms with Crippen molar-refractivity contribution in [3.63, 3.8) is 0 Å². The number of carbonyl (C=O) groups is 2. The minimum Gasteiger partial charge on any atom is -0.296 e. The van der Waals surface area contributed by atoms with Gasteiger partial charge in [0.15, 0.2) is 0 Å². The van der Waals surface area contributed by atoms with Crippen LogP contribution in [0, 0.1) is 0 Å². The molecule has 3 nitrogen and oxygen atoms in total. The second-order valence-corrected chi connectivity index (χ2v) is 3.45. The van der Waals surface area contributed by atoms with Crippen LogP contribution in [0.25, 0.3) is 0 Å². The third-order valence-electron chi connectivity index (χ3n) is 1.81. The molecule has 0 saturated heterocycles. The lowest BCUT2D eigenvalue weighted by atomic mass is 10.1. The molecular weight excluding hydrogens is 214 g/mol. The molecule has 0 spiro atoms. The molecule has 0 aliphatic rings. The summed E-state index contributed by atoms with van der Waals surface area (Å²) >= 11 is 5.37. The average Bonchev–Trinajstić information content (AvgIpc) is 2.19. The summed E-state index contributed by atoms with van der Waals surface area (Å²) in [5.74, 6) is -0.396. The highest BCUT2D eigenvalue weighted by atomic mass is 35.5. The zero-order valence-corrected chi connectivity index (χ0v) is 8.96. The third-order valence-corrected chi connectivity index (χ3v) is 2.00. The molecule has 0 aliphatic carbocycles. The molecule has 15 heavy (non-hydrogen) atoms. The van der Waals surface area contributed by atoms with Crippen molar-refractivity contribution in [2.75, 3.05) is 5.88 Å². The van der Waals surface area contributed by atoms with Crippen molar-refractivity contribution in [1.82, 2.24) is 5.32 Å². The molecule has 80 valence electrons. The highest BCUT2D eigenvalue weighted by Crippen LogP contribution is 1.99. The van der Waals surface area contributed by atoms with Crippen molar-refractivity contribution in [1.29, 1.82) is 0 Å². The normalized spacial score (nSPS) is 9.67. The van der Waals surface area contributed by atoms with Gasteiger partial charge in [-0.15, -0.1) is 11.6 Å². The summed E-state index contributed by atoms with van der Waals surface area (Å²) in [5, 5.41) is 2.27. The lowest BCUT2D eigenvalue weighted by Gasteiger charge is -2.02. The number of hydrogen-bond donors (Lipinski definition) is 1. The van der Waals surface area contributed by atoms with Crippen molar-refractivity contribution in [3.05, 3.63) is 35.9 Å². The van der Waals surface area contributed by atoms with E-state index >= 15 is 0 Å². The Kier molecular flexibility index (Phi) is 4.84. The molecule has 0 atom stereocenters. The van der Waals surface area contributed by atoms with Crippen LogP contribution in [0.2, 0.25) is 0 Å². The van der Waals surface area contributed by atoms with Gasteiger partial charge < -0.3 is 0 Å². The van der Waals surface area contributed by atoms with E-state index in [1.807, 2.05) is 30.3 Å². The third kappa shape index (κ3) is 4.61. The summed E-state index contributed by atoms with van der Waals surface area (Å²) in [6, 6.07) is 9.25. The van der Waals surface area contributed by atoms with Gasteiger partial charge in [-0.1, -0.05) is 30.3 Å². The number of benzene rings is 1. The minimum absolute atomic E-state index is 0.169. The van der Waals surface area contributed by atoms with E-state index in [1.165, 1.54) is 0 Å². The Morgan fingerprint density at radius 1 is 1.13 bits per heavy atom. The first-order chi connectivity index (χ1) is 7.22. The Morgan fingerprint density at radius 3 is 2.40 bits per heavy atom. The van der Waals surface area contributed by atoms with Crippen molar-refractivity contribution in [2.24, 2.45) is 0 Å². The molecule has 4 heteroatoms. The van der Waals surface area contributed by atoms with Crippen LogP contribution in [0.3, 0.4) is 0 Å². The van der Waals surface area contributed by atoms with E-state index in [2.05, 4.69) is 5.32 Å². The molecule has 1 rings (SSSR count). The first kappa shape index (κ1) is 11.7. The molecule has 0 unspecified atom stereocenters. The van der Waals surface area contributed by atoms with Crippen LogP contribution in [0.5, 0.6) is 0 Å².